The zero-order valence-electron chi connectivity index (χ0n) is 13.0. The normalized spacial score (nSPS) is 13.9. The van der Waals surface area contributed by atoms with Gasteiger partial charge in [0, 0.05) is 12.6 Å². The van der Waals surface area contributed by atoms with Crippen molar-refractivity contribution in [1.82, 2.24) is 10.0 Å². The van der Waals surface area contributed by atoms with Crippen molar-refractivity contribution >= 4 is 10.0 Å². The monoisotopic (exact) mass is 302 g/mol. The average molecular weight is 302 g/mol. The van der Waals surface area contributed by atoms with Crippen molar-refractivity contribution in [3.63, 3.8) is 0 Å². The molecule has 0 spiro atoms. The van der Waals surface area contributed by atoms with Crippen LogP contribution in [0.15, 0.2) is 15.4 Å². The third-order valence-electron chi connectivity index (χ3n) is 3.50. The molecular weight excluding hydrogens is 276 g/mol. The van der Waals surface area contributed by atoms with Gasteiger partial charge >= 0.3 is 0 Å². The van der Waals surface area contributed by atoms with Crippen LogP contribution in [0.2, 0.25) is 0 Å². The second-order valence-corrected chi connectivity index (χ2v) is 7.22. The molecule has 0 amide bonds. The summed E-state index contributed by atoms with van der Waals surface area (Å²) in [7, 11) is -3.50. The van der Waals surface area contributed by atoms with Crippen molar-refractivity contribution in [2.45, 2.75) is 46.1 Å². The van der Waals surface area contributed by atoms with Crippen LogP contribution in [-0.4, -0.2) is 21.5 Å². The van der Waals surface area contributed by atoms with Crippen molar-refractivity contribution in [1.29, 1.82) is 0 Å². The van der Waals surface area contributed by atoms with E-state index < -0.39 is 10.0 Å². The van der Waals surface area contributed by atoms with Gasteiger partial charge in [0.1, 0.15) is 16.4 Å². The molecule has 0 fully saturated rings. The summed E-state index contributed by atoms with van der Waals surface area (Å²) in [6.07, 6.45) is 0. The molecule has 1 heterocycles. The second kappa shape index (κ2) is 7.24. The Balaban J connectivity index is 2.79. The van der Waals surface area contributed by atoms with Gasteiger partial charge in [0.15, 0.2) is 0 Å². The third-order valence-corrected chi connectivity index (χ3v) is 5.03. The molecule has 0 bridgehead atoms. The first-order valence-electron chi connectivity index (χ1n) is 7.07. The number of aryl methyl sites for hydroxylation is 1. The number of nitrogens with one attached hydrogen (secondary N) is 2. The zero-order chi connectivity index (χ0) is 15.3. The van der Waals surface area contributed by atoms with Crippen LogP contribution in [0.4, 0.5) is 0 Å². The van der Waals surface area contributed by atoms with E-state index in [9.17, 15) is 8.42 Å². The van der Waals surface area contributed by atoms with Crippen molar-refractivity contribution in [3.8, 4) is 0 Å². The Bertz CT molecular complexity index is 521. The highest BCUT2D eigenvalue weighted by molar-refractivity contribution is 7.89. The maximum atomic E-state index is 12.3. The van der Waals surface area contributed by atoms with Gasteiger partial charge in [-0.05, 0) is 25.3 Å². The van der Waals surface area contributed by atoms with E-state index in [1.54, 1.807) is 13.0 Å². The maximum absolute atomic E-state index is 12.3. The molecule has 0 aliphatic rings. The minimum atomic E-state index is -3.50. The third kappa shape index (κ3) is 4.61. The quantitative estimate of drug-likeness (QED) is 0.773. The van der Waals surface area contributed by atoms with Crippen LogP contribution in [0, 0.1) is 18.8 Å². The fourth-order valence-electron chi connectivity index (χ4n) is 1.68. The molecular formula is C14H26N2O3S. The first kappa shape index (κ1) is 17.2. The van der Waals surface area contributed by atoms with E-state index in [1.807, 2.05) is 13.8 Å². The van der Waals surface area contributed by atoms with Crippen LogP contribution in [0.1, 0.15) is 39.2 Å². The summed E-state index contributed by atoms with van der Waals surface area (Å²) in [6.45, 7) is 11.6. The first-order valence-corrected chi connectivity index (χ1v) is 8.56. The molecule has 1 unspecified atom stereocenters. The molecule has 0 saturated heterocycles. The summed E-state index contributed by atoms with van der Waals surface area (Å²) in [4.78, 5) is 0.237. The molecule has 0 aliphatic carbocycles. The molecule has 5 nitrogen and oxygen atoms in total. The molecule has 0 aliphatic heterocycles. The van der Waals surface area contributed by atoms with Crippen LogP contribution in [0.3, 0.4) is 0 Å². The van der Waals surface area contributed by atoms with Crippen molar-refractivity contribution < 1.29 is 12.8 Å². The summed E-state index contributed by atoms with van der Waals surface area (Å²) >= 11 is 0. The Labute approximate surface area is 122 Å². The van der Waals surface area contributed by atoms with Crippen LogP contribution in [0.5, 0.6) is 0 Å². The summed E-state index contributed by atoms with van der Waals surface area (Å²) in [5.74, 6) is 1.80. The molecule has 1 aromatic heterocycles. The minimum Gasteiger partial charge on any atom is -0.464 e. The average Bonchev–Trinajstić information content (AvgIpc) is 2.75. The molecule has 1 aromatic rings. The van der Waals surface area contributed by atoms with Crippen LogP contribution in [-0.2, 0) is 16.6 Å². The Morgan fingerprint density at radius 3 is 2.50 bits per heavy atom. The fraction of sp³-hybridized carbons (Fsp3) is 0.714. The molecule has 0 aromatic carbocycles. The minimum absolute atomic E-state index is 0.237. The standard InChI is InChI=1S/C14H26N2O3S/c1-6-15-9-13-7-14(12(5)19-13)20(17,18)16-8-11(4)10(2)3/h7,10-11,15-16H,6,8-9H2,1-5H3. The smallest absolute Gasteiger partial charge is 0.244 e. The van der Waals surface area contributed by atoms with Crippen molar-refractivity contribution in [3.05, 3.63) is 17.6 Å². The first-order chi connectivity index (χ1) is 9.27. The van der Waals surface area contributed by atoms with E-state index in [-0.39, 0.29) is 4.90 Å². The lowest BCUT2D eigenvalue weighted by molar-refractivity contribution is 0.414. The van der Waals surface area contributed by atoms with Gasteiger partial charge in [-0.1, -0.05) is 27.7 Å². The lowest BCUT2D eigenvalue weighted by Crippen LogP contribution is -2.30. The van der Waals surface area contributed by atoms with E-state index in [2.05, 4.69) is 23.9 Å². The van der Waals surface area contributed by atoms with Gasteiger partial charge in [-0.25, -0.2) is 13.1 Å². The molecule has 1 atom stereocenters. The van der Waals surface area contributed by atoms with Gasteiger partial charge in [0.25, 0.3) is 0 Å². The van der Waals surface area contributed by atoms with Gasteiger partial charge in [0.05, 0.1) is 6.54 Å². The van der Waals surface area contributed by atoms with E-state index in [1.165, 1.54) is 0 Å². The Morgan fingerprint density at radius 2 is 1.95 bits per heavy atom. The number of hydrogen-bond donors (Lipinski definition) is 2. The Kier molecular flexibility index (Phi) is 6.23. The summed E-state index contributed by atoms with van der Waals surface area (Å²) in [5.41, 5.74) is 0. The van der Waals surface area contributed by atoms with Crippen molar-refractivity contribution in [2.75, 3.05) is 13.1 Å². The molecule has 6 heteroatoms. The molecule has 0 radical (unpaired) electrons. The second-order valence-electron chi connectivity index (χ2n) is 5.49. The maximum Gasteiger partial charge on any atom is 0.244 e. The lowest BCUT2D eigenvalue weighted by atomic mass is 9.99. The van der Waals surface area contributed by atoms with Gasteiger partial charge in [-0.3, -0.25) is 0 Å². The topological polar surface area (TPSA) is 71.3 Å². The predicted molar refractivity (Wildman–Crippen MR) is 80.0 cm³/mol. The molecule has 1 rings (SSSR count). The largest absolute Gasteiger partial charge is 0.464 e. The van der Waals surface area contributed by atoms with E-state index >= 15 is 0 Å². The van der Waals surface area contributed by atoms with Crippen LogP contribution < -0.4 is 10.0 Å². The Hall–Kier alpha value is -0.850. The number of furan rings is 1. The van der Waals surface area contributed by atoms with Gasteiger partial charge in [-0.2, -0.15) is 0 Å². The number of rotatable bonds is 8. The summed E-state index contributed by atoms with van der Waals surface area (Å²) < 4.78 is 32.7. The number of hydrogen-bond acceptors (Lipinski definition) is 4. The highest BCUT2D eigenvalue weighted by Gasteiger charge is 2.22. The highest BCUT2D eigenvalue weighted by atomic mass is 32.2. The van der Waals surface area contributed by atoms with E-state index in [4.69, 9.17) is 4.42 Å². The van der Waals surface area contributed by atoms with Gasteiger partial charge < -0.3 is 9.73 Å². The van der Waals surface area contributed by atoms with E-state index in [0.29, 0.717) is 36.4 Å². The lowest BCUT2D eigenvalue weighted by Gasteiger charge is -2.15. The summed E-state index contributed by atoms with van der Waals surface area (Å²) in [5, 5.41) is 3.11. The van der Waals surface area contributed by atoms with Crippen LogP contribution in [0.25, 0.3) is 0 Å². The fourth-order valence-corrected chi connectivity index (χ4v) is 3.03. The van der Waals surface area contributed by atoms with Crippen LogP contribution >= 0.6 is 0 Å². The number of sulfonamides is 1. The molecule has 0 saturated carbocycles. The zero-order valence-corrected chi connectivity index (χ0v) is 13.8. The molecule has 116 valence electrons. The highest BCUT2D eigenvalue weighted by Crippen LogP contribution is 2.20. The van der Waals surface area contributed by atoms with Gasteiger partial charge in [-0.15, -0.1) is 0 Å². The van der Waals surface area contributed by atoms with Crippen molar-refractivity contribution in [2.24, 2.45) is 11.8 Å². The SMILES string of the molecule is CCNCc1cc(S(=O)(=O)NCC(C)C(C)C)c(C)o1. The molecule has 2 N–H and O–H groups in total. The van der Waals surface area contributed by atoms with Gasteiger partial charge in [0.2, 0.25) is 10.0 Å². The molecule has 20 heavy (non-hydrogen) atoms. The summed E-state index contributed by atoms with van der Waals surface area (Å²) in [6, 6.07) is 1.60. The van der Waals surface area contributed by atoms with E-state index in [0.717, 1.165) is 6.54 Å². The predicted octanol–water partition coefficient (Wildman–Crippen LogP) is 2.27. The Morgan fingerprint density at radius 1 is 1.30 bits per heavy atom.